The minimum Gasteiger partial charge on any atom is -0.593 e. The topological polar surface area (TPSA) is 113 Å². The molecule has 1 amide bonds. The maximum atomic E-state index is 14.1. The molecule has 12 heteroatoms. The van der Waals surface area contributed by atoms with Crippen LogP contribution in [0.15, 0.2) is 35.1 Å². The molecule has 0 aliphatic carbocycles. The Morgan fingerprint density at radius 3 is 2.54 bits per heavy atom. The van der Waals surface area contributed by atoms with Gasteiger partial charge in [-0.15, -0.1) is 0 Å². The number of likely N-dealkylation sites (N-methyl/N-ethyl adjacent to an activating group) is 1. The van der Waals surface area contributed by atoms with Crippen LogP contribution in [0.4, 0.5) is 18.9 Å². The van der Waals surface area contributed by atoms with E-state index in [-0.39, 0.29) is 35.4 Å². The zero-order valence-corrected chi connectivity index (χ0v) is 19.3. The summed E-state index contributed by atoms with van der Waals surface area (Å²) in [6, 6.07) is 4.94. The van der Waals surface area contributed by atoms with Crippen LogP contribution < -0.4 is 10.3 Å². The molecule has 0 saturated carbocycles. The van der Waals surface area contributed by atoms with E-state index in [0.29, 0.717) is 22.2 Å². The standard InChI is InChI=1S/C23H19F3N4O4S/c1-30(23(32)18-7-13-16(27-18)3-10(24)4-17(13)29-35(2)33)20-9-34-8-19-21(20)11-5-14(25)15(26)6-12(11)22(31)28-19/h3-7,20,27,29H,8-9H2,1-2H3,(H,28,31)/t20-,35?/m0/s1. The van der Waals surface area contributed by atoms with E-state index >= 15 is 0 Å². The summed E-state index contributed by atoms with van der Waals surface area (Å²) in [7, 11) is 1.51. The number of aromatic nitrogens is 2. The van der Waals surface area contributed by atoms with Gasteiger partial charge in [0.2, 0.25) is 0 Å². The molecule has 2 aromatic heterocycles. The smallest absolute Gasteiger partial charge is 0.270 e. The molecule has 0 fully saturated rings. The van der Waals surface area contributed by atoms with Crippen molar-refractivity contribution in [3.8, 4) is 0 Å². The van der Waals surface area contributed by atoms with Crippen molar-refractivity contribution in [1.82, 2.24) is 14.9 Å². The zero-order valence-electron chi connectivity index (χ0n) is 18.5. The molecule has 2 atom stereocenters. The van der Waals surface area contributed by atoms with Gasteiger partial charge in [0.05, 0.1) is 47.2 Å². The largest absolute Gasteiger partial charge is 0.593 e. The molecule has 0 radical (unpaired) electrons. The van der Waals surface area contributed by atoms with Crippen LogP contribution in [0.25, 0.3) is 21.7 Å². The van der Waals surface area contributed by atoms with Gasteiger partial charge in [-0.25, -0.2) is 17.9 Å². The second-order valence-corrected chi connectivity index (χ2v) is 9.37. The molecule has 0 saturated heterocycles. The van der Waals surface area contributed by atoms with Gasteiger partial charge in [-0.1, -0.05) is 0 Å². The normalized spacial score (nSPS) is 16.3. The fourth-order valence-electron chi connectivity index (χ4n) is 4.44. The molecule has 0 spiro atoms. The van der Waals surface area contributed by atoms with Crippen LogP contribution in [-0.4, -0.2) is 45.2 Å². The second-order valence-electron chi connectivity index (χ2n) is 8.26. The van der Waals surface area contributed by atoms with Crippen molar-refractivity contribution in [2.75, 3.05) is 24.6 Å². The first kappa shape index (κ1) is 23.3. The number of nitrogens with zero attached hydrogens (tertiary/aromatic N) is 1. The summed E-state index contributed by atoms with van der Waals surface area (Å²) in [5.41, 5.74) is 0.915. The van der Waals surface area contributed by atoms with Gasteiger partial charge in [-0.3, -0.25) is 9.59 Å². The highest BCUT2D eigenvalue weighted by atomic mass is 32.2. The van der Waals surface area contributed by atoms with Crippen molar-refractivity contribution in [3.05, 3.63) is 75.1 Å². The molecule has 1 aliphatic rings. The highest BCUT2D eigenvalue weighted by Gasteiger charge is 2.32. The Balaban J connectivity index is 1.58. The highest BCUT2D eigenvalue weighted by molar-refractivity contribution is 7.92. The van der Waals surface area contributed by atoms with Gasteiger partial charge in [0.1, 0.15) is 17.8 Å². The van der Waals surface area contributed by atoms with E-state index in [0.717, 1.165) is 12.1 Å². The lowest BCUT2D eigenvalue weighted by Gasteiger charge is -2.33. The third-order valence-corrected chi connectivity index (χ3v) is 6.52. The predicted molar refractivity (Wildman–Crippen MR) is 125 cm³/mol. The third-order valence-electron chi connectivity index (χ3n) is 6.01. The molecule has 3 N–H and O–H groups in total. The monoisotopic (exact) mass is 504 g/mol. The van der Waals surface area contributed by atoms with Crippen LogP contribution in [0, 0.1) is 17.5 Å². The molecule has 1 unspecified atom stereocenters. The fraction of sp³-hybridized carbons (Fsp3) is 0.217. The number of hydrogen-bond acceptors (Lipinski definition) is 5. The third kappa shape index (κ3) is 4.03. The number of H-pyrrole nitrogens is 2. The summed E-state index contributed by atoms with van der Waals surface area (Å²) in [5.74, 6) is -3.35. The molecule has 4 aromatic rings. The van der Waals surface area contributed by atoms with E-state index in [1.165, 1.54) is 36.4 Å². The molecule has 8 nitrogen and oxygen atoms in total. The minimum atomic E-state index is -1.47. The Hall–Kier alpha value is -3.48. The highest BCUT2D eigenvalue weighted by Crippen LogP contribution is 2.35. The molecule has 1 aliphatic heterocycles. The van der Waals surface area contributed by atoms with E-state index in [2.05, 4.69) is 14.7 Å². The van der Waals surface area contributed by atoms with Crippen LogP contribution in [-0.2, 0) is 22.7 Å². The Kier molecular flexibility index (Phi) is 5.74. The summed E-state index contributed by atoms with van der Waals surface area (Å²) in [6.07, 6.45) is 1.40. The number of carbonyl (C=O) groups excluding carboxylic acids is 1. The van der Waals surface area contributed by atoms with Crippen LogP contribution >= 0.6 is 0 Å². The molecule has 5 rings (SSSR count). The van der Waals surface area contributed by atoms with Crippen LogP contribution in [0.1, 0.15) is 27.8 Å². The number of carbonyl (C=O) groups is 1. The zero-order chi connectivity index (χ0) is 25.0. The van der Waals surface area contributed by atoms with E-state index in [4.69, 9.17) is 4.74 Å². The van der Waals surface area contributed by atoms with Gasteiger partial charge in [-0.2, -0.15) is 0 Å². The second kappa shape index (κ2) is 8.63. The first-order valence-corrected chi connectivity index (χ1v) is 12.0. The predicted octanol–water partition coefficient (Wildman–Crippen LogP) is 3.48. The van der Waals surface area contributed by atoms with E-state index in [1.54, 1.807) is 0 Å². The summed E-state index contributed by atoms with van der Waals surface area (Å²) >= 11 is -1.47. The summed E-state index contributed by atoms with van der Waals surface area (Å²) in [6.45, 7) is 0.0821. The van der Waals surface area contributed by atoms with Crippen molar-refractivity contribution >= 4 is 44.6 Å². The molecule has 2 aromatic carbocycles. The van der Waals surface area contributed by atoms with Gasteiger partial charge in [-0.05, 0) is 29.7 Å². The van der Waals surface area contributed by atoms with Crippen molar-refractivity contribution in [2.24, 2.45) is 0 Å². The first-order chi connectivity index (χ1) is 16.6. The number of benzene rings is 2. The van der Waals surface area contributed by atoms with Crippen LogP contribution in [0.2, 0.25) is 0 Å². The molecule has 3 heterocycles. The van der Waals surface area contributed by atoms with Crippen molar-refractivity contribution in [3.63, 3.8) is 0 Å². The van der Waals surface area contributed by atoms with Crippen molar-refractivity contribution in [1.29, 1.82) is 0 Å². The van der Waals surface area contributed by atoms with Gasteiger partial charge < -0.3 is 24.2 Å². The Morgan fingerprint density at radius 1 is 1.11 bits per heavy atom. The van der Waals surface area contributed by atoms with Crippen molar-refractivity contribution < 1.29 is 27.3 Å². The van der Waals surface area contributed by atoms with Crippen LogP contribution in [0.3, 0.4) is 0 Å². The Bertz CT molecular complexity index is 1550. The fourth-order valence-corrected chi connectivity index (χ4v) is 4.91. The lowest BCUT2D eigenvalue weighted by atomic mass is 9.95. The molecule has 35 heavy (non-hydrogen) atoms. The average molecular weight is 504 g/mol. The molecular weight excluding hydrogens is 485 g/mol. The Morgan fingerprint density at radius 2 is 1.83 bits per heavy atom. The minimum absolute atomic E-state index is 0.0346. The molecule has 182 valence electrons. The quantitative estimate of drug-likeness (QED) is 0.369. The number of amides is 1. The number of ether oxygens (including phenoxy) is 1. The van der Waals surface area contributed by atoms with Crippen molar-refractivity contribution in [2.45, 2.75) is 12.6 Å². The number of halogens is 3. The molecular formula is C23H19F3N4O4S. The summed E-state index contributed by atoms with van der Waals surface area (Å²) < 4.78 is 61.9. The Labute approximate surface area is 199 Å². The number of aromatic amines is 2. The van der Waals surface area contributed by atoms with E-state index < -0.39 is 46.3 Å². The van der Waals surface area contributed by atoms with Gasteiger partial charge in [0.15, 0.2) is 11.6 Å². The number of fused-ring (bicyclic) bond motifs is 4. The lowest BCUT2D eigenvalue weighted by Crippen LogP contribution is -2.37. The lowest BCUT2D eigenvalue weighted by molar-refractivity contribution is 0.0333. The van der Waals surface area contributed by atoms with E-state index in [9.17, 15) is 27.3 Å². The van der Waals surface area contributed by atoms with Gasteiger partial charge >= 0.3 is 0 Å². The number of rotatable bonds is 4. The number of hydrogen-bond donors (Lipinski definition) is 3. The average Bonchev–Trinajstić information content (AvgIpc) is 3.23. The number of pyridine rings is 1. The first-order valence-electron chi connectivity index (χ1n) is 10.4. The number of nitrogens with one attached hydrogen (secondary N) is 3. The molecule has 0 bridgehead atoms. The van der Waals surface area contributed by atoms with Crippen LogP contribution in [0.5, 0.6) is 0 Å². The van der Waals surface area contributed by atoms with Gasteiger partial charge in [0, 0.05) is 29.8 Å². The summed E-state index contributed by atoms with van der Waals surface area (Å²) in [4.78, 5) is 32.7. The van der Waals surface area contributed by atoms with E-state index in [1.807, 2.05) is 0 Å². The van der Waals surface area contributed by atoms with Gasteiger partial charge in [0.25, 0.3) is 11.5 Å². The maximum absolute atomic E-state index is 14.1. The number of anilines is 1. The maximum Gasteiger partial charge on any atom is 0.270 e. The summed E-state index contributed by atoms with van der Waals surface area (Å²) in [5, 5.41) is 0.608. The SMILES string of the molecule is CN(C(=O)c1cc2c(N[S+](C)[O-])cc(F)cc2[nH]1)[C@H]1COCc2[nH]c(=O)c3cc(F)c(F)cc3c21.